The van der Waals surface area contributed by atoms with Gasteiger partial charge in [-0.25, -0.2) is 8.42 Å². The van der Waals surface area contributed by atoms with Gasteiger partial charge in [-0.2, -0.15) is 0 Å². The summed E-state index contributed by atoms with van der Waals surface area (Å²) in [6.07, 6.45) is 2.09. The first kappa shape index (κ1) is 22.4. The van der Waals surface area contributed by atoms with Crippen LogP contribution >= 0.6 is 11.3 Å². The van der Waals surface area contributed by atoms with E-state index in [1.807, 2.05) is 18.2 Å². The highest BCUT2D eigenvalue weighted by Crippen LogP contribution is 2.49. The SMILES string of the molecule is CCCCOc1c(OC)cccc1C1CC(=O)Nc2c(S(=O)(=O)c3ccccc3)csc21. The summed E-state index contributed by atoms with van der Waals surface area (Å²) in [6, 6.07) is 13.9. The Labute approximate surface area is 192 Å². The number of ether oxygens (including phenoxy) is 2. The minimum atomic E-state index is -3.77. The summed E-state index contributed by atoms with van der Waals surface area (Å²) in [7, 11) is -2.18. The third-order valence-corrected chi connectivity index (χ3v) is 8.49. The van der Waals surface area contributed by atoms with E-state index in [4.69, 9.17) is 9.47 Å². The highest BCUT2D eigenvalue weighted by Gasteiger charge is 2.36. The molecule has 2 heterocycles. The van der Waals surface area contributed by atoms with Crippen molar-refractivity contribution in [1.29, 1.82) is 0 Å². The number of unbranched alkanes of at least 4 members (excludes halogenated alkanes) is 1. The smallest absolute Gasteiger partial charge is 0.225 e. The van der Waals surface area contributed by atoms with Crippen LogP contribution in [-0.4, -0.2) is 28.0 Å². The number of fused-ring (bicyclic) bond motifs is 1. The molecular weight excluding hydrogens is 446 g/mol. The van der Waals surface area contributed by atoms with Gasteiger partial charge in [-0.1, -0.05) is 43.7 Å². The van der Waals surface area contributed by atoms with Crippen LogP contribution in [0.4, 0.5) is 5.69 Å². The van der Waals surface area contributed by atoms with Gasteiger partial charge in [0.2, 0.25) is 15.7 Å². The maximum Gasteiger partial charge on any atom is 0.225 e. The highest BCUT2D eigenvalue weighted by molar-refractivity contribution is 7.91. The molecule has 2 aromatic carbocycles. The molecule has 4 rings (SSSR count). The Hall–Kier alpha value is -2.84. The minimum Gasteiger partial charge on any atom is -0.493 e. The lowest BCUT2D eigenvalue weighted by molar-refractivity contribution is -0.116. The van der Waals surface area contributed by atoms with E-state index in [1.54, 1.807) is 42.8 Å². The molecule has 0 fully saturated rings. The Morgan fingerprint density at radius 1 is 1.12 bits per heavy atom. The summed E-state index contributed by atoms with van der Waals surface area (Å²) in [5.74, 6) is 0.651. The maximum atomic E-state index is 13.3. The molecule has 168 valence electrons. The van der Waals surface area contributed by atoms with Crippen LogP contribution < -0.4 is 14.8 Å². The van der Waals surface area contributed by atoms with E-state index in [-0.39, 0.29) is 28.0 Å². The lowest BCUT2D eigenvalue weighted by Gasteiger charge is -2.26. The second kappa shape index (κ2) is 9.34. The number of anilines is 1. The molecular formula is C24H25NO5S2. The number of methoxy groups -OCH3 is 1. The Bertz CT molecular complexity index is 1220. The first-order valence-corrected chi connectivity index (χ1v) is 12.8. The average molecular weight is 472 g/mol. The van der Waals surface area contributed by atoms with Crippen LogP contribution in [0.15, 0.2) is 63.7 Å². The molecule has 32 heavy (non-hydrogen) atoms. The molecule has 0 bridgehead atoms. The zero-order chi connectivity index (χ0) is 22.7. The zero-order valence-electron chi connectivity index (χ0n) is 18.0. The van der Waals surface area contributed by atoms with Crippen molar-refractivity contribution < 1.29 is 22.7 Å². The fourth-order valence-electron chi connectivity index (χ4n) is 3.82. The molecule has 6 nitrogen and oxygen atoms in total. The molecule has 1 aromatic heterocycles. The Morgan fingerprint density at radius 2 is 1.91 bits per heavy atom. The fourth-order valence-corrected chi connectivity index (χ4v) is 6.74. The van der Waals surface area contributed by atoms with E-state index < -0.39 is 9.84 Å². The van der Waals surface area contributed by atoms with Gasteiger partial charge in [0.1, 0.15) is 4.90 Å². The fraction of sp³-hybridized carbons (Fsp3) is 0.292. The van der Waals surface area contributed by atoms with Crippen LogP contribution in [0.3, 0.4) is 0 Å². The summed E-state index contributed by atoms with van der Waals surface area (Å²) < 4.78 is 38.1. The van der Waals surface area contributed by atoms with Gasteiger partial charge in [-0.3, -0.25) is 4.79 Å². The number of para-hydroxylation sites is 1. The summed E-state index contributed by atoms with van der Waals surface area (Å²) in [6.45, 7) is 2.62. The number of hydrogen-bond acceptors (Lipinski definition) is 6. The van der Waals surface area contributed by atoms with Crippen LogP contribution in [0.2, 0.25) is 0 Å². The topological polar surface area (TPSA) is 81.7 Å². The molecule has 1 atom stereocenters. The standard InChI is InChI=1S/C24H25NO5S2/c1-3-4-13-30-23-17(11-8-12-19(23)29-2)18-14-21(26)25-22-20(15-31-24(18)22)32(27,28)16-9-6-5-7-10-16/h5-12,15,18H,3-4,13-14H2,1-2H3,(H,25,26). The molecule has 0 saturated heterocycles. The van der Waals surface area contributed by atoms with Crippen LogP contribution in [-0.2, 0) is 14.6 Å². The monoisotopic (exact) mass is 471 g/mol. The van der Waals surface area contributed by atoms with Crippen LogP contribution in [0.25, 0.3) is 0 Å². The van der Waals surface area contributed by atoms with Gasteiger partial charge in [0.25, 0.3) is 0 Å². The summed E-state index contributed by atoms with van der Waals surface area (Å²) in [5, 5.41) is 4.42. The normalized spacial score (nSPS) is 15.7. The first-order valence-electron chi connectivity index (χ1n) is 10.5. The number of amides is 1. The summed E-state index contributed by atoms with van der Waals surface area (Å²) in [4.78, 5) is 13.8. The van der Waals surface area contributed by atoms with Gasteiger partial charge < -0.3 is 14.8 Å². The van der Waals surface area contributed by atoms with Gasteiger partial charge in [0.05, 0.1) is 24.3 Å². The molecule has 1 aliphatic heterocycles. The van der Waals surface area contributed by atoms with Crippen molar-refractivity contribution in [3.63, 3.8) is 0 Å². The van der Waals surface area contributed by atoms with Crippen LogP contribution in [0.5, 0.6) is 11.5 Å². The average Bonchev–Trinajstić information content (AvgIpc) is 3.24. The summed E-state index contributed by atoms with van der Waals surface area (Å²) >= 11 is 1.34. The molecule has 1 N–H and O–H groups in total. The maximum absolute atomic E-state index is 13.3. The van der Waals surface area contributed by atoms with E-state index >= 15 is 0 Å². The van der Waals surface area contributed by atoms with Gasteiger partial charge >= 0.3 is 0 Å². The second-order valence-corrected chi connectivity index (χ2v) is 10.4. The summed E-state index contributed by atoms with van der Waals surface area (Å²) in [5.41, 5.74) is 1.18. The Morgan fingerprint density at radius 3 is 2.62 bits per heavy atom. The number of carbonyl (C=O) groups is 1. The van der Waals surface area contributed by atoms with Crippen molar-refractivity contribution in [2.75, 3.05) is 19.0 Å². The second-order valence-electron chi connectivity index (χ2n) is 7.54. The molecule has 0 saturated carbocycles. The molecule has 0 spiro atoms. The molecule has 1 amide bonds. The van der Waals surface area contributed by atoms with Crippen LogP contribution in [0, 0.1) is 0 Å². The van der Waals surface area contributed by atoms with Crippen LogP contribution in [0.1, 0.15) is 42.5 Å². The number of nitrogens with one attached hydrogen (secondary N) is 1. The first-order chi connectivity index (χ1) is 15.5. The Balaban J connectivity index is 1.81. The largest absolute Gasteiger partial charge is 0.493 e. The molecule has 1 aliphatic rings. The molecule has 8 heteroatoms. The number of thiophene rings is 1. The molecule has 1 unspecified atom stereocenters. The van der Waals surface area contributed by atoms with E-state index in [2.05, 4.69) is 12.2 Å². The van der Waals surface area contributed by atoms with Gasteiger partial charge in [-0.15, -0.1) is 11.3 Å². The zero-order valence-corrected chi connectivity index (χ0v) is 19.6. The third kappa shape index (κ3) is 4.12. The van der Waals surface area contributed by atoms with Gasteiger partial charge in [0, 0.05) is 28.2 Å². The molecule has 0 aliphatic carbocycles. The number of benzene rings is 2. The number of carbonyl (C=O) groups excluding carboxylic acids is 1. The van der Waals surface area contributed by atoms with Gasteiger partial charge in [0.15, 0.2) is 11.5 Å². The van der Waals surface area contributed by atoms with E-state index in [9.17, 15) is 13.2 Å². The Kier molecular flexibility index (Phi) is 6.53. The quantitative estimate of drug-likeness (QED) is 0.454. The van der Waals surface area contributed by atoms with Crippen molar-refractivity contribution >= 4 is 32.8 Å². The van der Waals surface area contributed by atoms with Crippen molar-refractivity contribution in [2.24, 2.45) is 0 Å². The number of rotatable bonds is 8. The van der Waals surface area contributed by atoms with E-state index in [1.165, 1.54) is 11.3 Å². The van der Waals surface area contributed by atoms with E-state index in [0.717, 1.165) is 23.3 Å². The van der Waals surface area contributed by atoms with E-state index in [0.29, 0.717) is 23.8 Å². The molecule has 3 aromatic rings. The van der Waals surface area contributed by atoms with Crippen molar-refractivity contribution in [3.05, 3.63) is 64.4 Å². The number of hydrogen-bond donors (Lipinski definition) is 1. The lowest BCUT2D eigenvalue weighted by atomic mass is 9.89. The lowest BCUT2D eigenvalue weighted by Crippen LogP contribution is -2.24. The van der Waals surface area contributed by atoms with Crippen molar-refractivity contribution in [2.45, 2.75) is 41.9 Å². The molecule has 0 radical (unpaired) electrons. The highest BCUT2D eigenvalue weighted by atomic mass is 32.2. The predicted octanol–water partition coefficient (Wildman–Crippen LogP) is 5.24. The van der Waals surface area contributed by atoms with Crippen molar-refractivity contribution in [1.82, 2.24) is 0 Å². The minimum absolute atomic E-state index is 0.123. The third-order valence-electron chi connectivity index (χ3n) is 5.45. The number of sulfone groups is 1. The van der Waals surface area contributed by atoms with Gasteiger partial charge in [-0.05, 0) is 24.6 Å². The predicted molar refractivity (Wildman–Crippen MR) is 125 cm³/mol. The van der Waals surface area contributed by atoms with Crippen molar-refractivity contribution in [3.8, 4) is 11.5 Å².